The lowest BCUT2D eigenvalue weighted by Crippen LogP contribution is -2.09. The summed E-state index contributed by atoms with van der Waals surface area (Å²) in [6.45, 7) is 5.92. The Balaban J connectivity index is 2.49. The van der Waals surface area contributed by atoms with Crippen LogP contribution in [-0.4, -0.2) is 14.2 Å². The SMILES string of the molecule is C=C1CCC=C1S(=O)(=O)CCCCCC. The second-order valence-corrected chi connectivity index (χ2v) is 6.17. The molecule has 1 aliphatic rings. The van der Waals surface area contributed by atoms with Crippen molar-refractivity contribution in [1.29, 1.82) is 0 Å². The maximum atomic E-state index is 11.9. The van der Waals surface area contributed by atoms with Crippen molar-refractivity contribution in [2.75, 3.05) is 5.75 Å². The number of rotatable bonds is 6. The number of hydrogen-bond donors (Lipinski definition) is 0. The van der Waals surface area contributed by atoms with E-state index in [-0.39, 0.29) is 5.75 Å². The maximum Gasteiger partial charge on any atom is 0.178 e. The minimum Gasteiger partial charge on any atom is -0.224 e. The standard InChI is InChI=1S/C12H20O2S/c1-3-4-5-6-10-15(13,14)12-9-7-8-11(12)2/h9H,2-8,10H2,1H3. The van der Waals surface area contributed by atoms with Gasteiger partial charge in [0.05, 0.1) is 10.7 Å². The lowest BCUT2D eigenvalue weighted by Gasteiger charge is -2.06. The van der Waals surface area contributed by atoms with Crippen LogP contribution in [0.1, 0.15) is 45.4 Å². The van der Waals surface area contributed by atoms with Crippen LogP contribution in [0.3, 0.4) is 0 Å². The van der Waals surface area contributed by atoms with Gasteiger partial charge in [-0.1, -0.05) is 38.8 Å². The van der Waals surface area contributed by atoms with Crippen LogP contribution < -0.4 is 0 Å². The van der Waals surface area contributed by atoms with Crippen LogP contribution in [0.5, 0.6) is 0 Å². The zero-order chi connectivity index (χ0) is 11.3. The highest BCUT2D eigenvalue weighted by atomic mass is 32.2. The molecular weight excluding hydrogens is 208 g/mol. The minimum absolute atomic E-state index is 0.290. The molecule has 86 valence electrons. The molecule has 0 unspecified atom stereocenters. The van der Waals surface area contributed by atoms with Crippen molar-refractivity contribution in [2.45, 2.75) is 45.4 Å². The van der Waals surface area contributed by atoms with Gasteiger partial charge in [0, 0.05) is 0 Å². The second-order valence-electron chi connectivity index (χ2n) is 4.09. The van der Waals surface area contributed by atoms with E-state index in [4.69, 9.17) is 0 Å². The lowest BCUT2D eigenvalue weighted by molar-refractivity contribution is 0.595. The molecule has 1 aliphatic carbocycles. The molecule has 15 heavy (non-hydrogen) atoms. The topological polar surface area (TPSA) is 34.1 Å². The summed E-state index contributed by atoms with van der Waals surface area (Å²) in [5.74, 6) is 0.290. The molecular formula is C12H20O2S. The smallest absolute Gasteiger partial charge is 0.178 e. The Labute approximate surface area is 93.0 Å². The summed E-state index contributed by atoms with van der Waals surface area (Å²) in [6, 6.07) is 0. The molecule has 0 saturated carbocycles. The molecule has 3 heteroatoms. The Morgan fingerprint density at radius 2 is 2.07 bits per heavy atom. The third-order valence-corrected chi connectivity index (χ3v) is 4.68. The van der Waals surface area contributed by atoms with Crippen molar-refractivity contribution in [3.8, 4) is 0 Å². The Bertz CT molecular complexity index is 350. The summed E-state index contributed by atoms with van der Waals surface area (Å²) in [5.41, 5.74) is 0.797. The second kappa shape index (κ2) is 5.50. The monoisotopic (exact) mass is 228 g/mol. The molecule has 2 nitrogen and oxygen atoms in total. The first-order chi connectivity index (χ1) is 7.08. The zero-order valence-electron chi connectivity index (χ0n) is 9.46. The molecule has 0 N–H and O–H groups in total. The van der Waals surface area contributed by atoms with Crippen molar-refractivity contribution < 1.29 is 8.42 Å². The van der Waals surface area contributed by atoms with Gasteiger partial charge in [-0.15, -0.1) is 0 Å². The van der Waals surface area contributed by atoms with E-state index in [9.17, 15) is 8.42 Å². The summed E-state index contributed by atoms with van der Waals surface area (Å²) in [7, 11) is -3.03. The Morgan fingerprint density at radius 3 is 2.60 bits per heavy atom. The fraction of sp³-hybridized carbons (Fsp3) is 0.667. The predicted molar refractivity (Wildman–Crippen MR) is 64.4 cm³/mol. The van der Waals surface area contributed by atoms with Gasteiger partial charge in [0.25, 0.3) is 0 Å². The van der Waals surface area contributed by atoms with Gasteiger partial charge in [-0.2, -0.15) is 0 Å². The van der Waals surface area contributed by atoms with Crippen LogP contribution in [-0.2, 0) is 9.84 Å². The average Bonchev–Trinajstić information content (AvgIpc) is 2.60. The van der Waals surface area contributed by atoms with Crippen LogP contribution in [0.4, 0.5) is 0 Å². The van der Waals surface area contributed by atoms with E-state index in [0.717, 1.165) is 44.1 Å². The molecule has 0 aromatic carbocycles. The van der Waals surface area contributed by atoms with Gasteiger partial charge < -0.3 is 0 Å². The van der Waals surface area contributed by atoms with Gasteiger partial charge in [0.15, 0.2) is 9.84 Å². The fourth-order valence-electron chi connectivity index (χ4n) is 1.82. The number of unbranched alkanes of at least 4 members (excludes halogenated alkanes) is 3. The summed E-state index contributed by atoms with van der Waals surface area (Å²) in [5, 5.41) is 0. The molecule has 0 bridgehead atoms. The van der Waals surface area contributed by atoms with Gasteiger partial charge in [-0.3, -0.25) is 0 Å². The van der Waals surface area contributed by atoms with Gasteiger partial charge in [-0.25, -0.2) is 8.42 Å². The van der Waals surface area contributed by atoms with Crippen molar-refractivity contribution in [3.05, 3.63) is 23.1 Å². The van der Waals surface area contributed by atoms with Crippen LogP contribution in [0.15, 0.2) is 23.1 Å². The van der Waals surface area contributed by atoms with Crippen LogP contribution in [0.2, 0.25) is 0 Å². The van der Waals surface area contributed by atoms with Crippen molar-refractivity contribution in [1.82, 2.24) is 0 Å². The van der Waals surface area contributed by atoms with Gasteiger partial charge in [0.2, 0.25) is 0 Å². The molecule has 0 aromatic rings. The lowest BCUT2D eigenvalue weighted by atomic mass is 10.2. The highest BCUT2D eigenvalue weighted by Crippen LogP contribution is 2.28. The van der Waals surface area contributed by atoms with Gasteiger partial charge in [-0.05, 0) is 24.8 Å². The Kier molecular flexibility index (Phi) is 4.58. The van der Waals surface area contributed by atoms with E-state index >= 15 is 0 Å². The fourth-order valence-corrected chi connectivity index (χ4v) is 3.54. The summed E-state index contributed by atoms with van der Waals surface area (Å²) >= 11 is 0. The van der Waals surface area contributed by atoms with E-state index in [0.29, 0.717) is 4.91 Å². The van der Waals surface area contributed by atoms with Gasteiger partial charge >= 0.3 is 0 Å². The highest BCUT2D eigenvalue weighted by molar-refractivity contribution is 7.95. The van der Waals surface area contributed by atoms with Crippen molar-refractivity contribution in [2.24, 2.45) is 0 Å². The third kappa shape index (κ3) is 3.49. The number of sulfone groups is 1. The average molecular weight is 228 g/mol. The Hall–Kier alpha value is -0.570. The normalized spacial score (nSPS) is 16.9. The summed E-state index contributed by atoms with van der Waals surface area (Å²) in [6.07, 6.45) is 7.50. The molecule has 0 amide bonds. The first kappa shape index (κ1) is 12.5. The quantitative estimate of drug-likeness (QED) is 0.654. The van der Waals surface area contributed by atoms with Crippen molar-refractivity contribution >= 4 is 9.84 Å². The van der Waals surface area contributed by atoms with E-state index in [1.165, 1.54) is 0 Å². The maximum absolute atomic E-state index is 11.9. The molecule has 0 heterocycles. The molecule has 0 spiro atoms. The van der Waals surface area contributed by atoms with Crippen molar-refractivity contribution in [3.63, 3.8) is 0 Å². The minimum atomic E-state index is -3.03. The molecule has 0 aliphatic heterocycles. The van der Waals surface area contributed by atoms with Crippen LogP contribution >= 0.6 is 0 Å². The highest BCUT2D eigenvalue weighted by Gasteiger charge is 2.22. The molecule has 0 radical (unpaired) electrons. The van der Waals surface area contributed by atoms with Crippen LogP contribution in [0.25, 0.3) is 0 Å². The molecule has 0 aromatic heterocycles. The molecule has 0 saturated heterocycles. The third-order valence-electron chi connectivity index (χ3n) is 2.73. The molecule has 1 rings (SSSR count). The molecule has 0 atom stereocenters. The zero-order valence-corrected chi connectivity index (χ0v) is 10.3. The number of hydrogen-bond acceptors (Lipinski definition) is 2. The summed E-state index contributed by atoms with van der Waals surface area (Å²) < 4.78 is 23.8. The predicted octanol–water partition coefficient (Wildman–Crippen LogP) is 3.22. The van der Waals surface area contributed by atoms with E-state index in [1.807, 2.05) is 6.08 Å². The molecule has 0 fully saturated rings. The largest absolute Gasteiger partial charge is 0.224 e. The first-order valence-electron chi connectivity index (χ1n) is 5.69. The summed E-state index contributed by atoms with van der Waals surface area (Å²) in [4.78, 5) is 0.513. The Morgan fingerprint density at radius 1 is 1.33 bits per heavy atom. The number of allylic oxidation sites excluding steroid dienone is 2. The van der Waals surface area contributed by atoms with E-state index < -0.39 is 9.84 Å². The first-order valence-corrected chi connectivity index (χ1v) is 7.34. The van der Waals surface area contributed by atoms with Gasteiger partial charge in [0.1, 0.15) is 0 Å². The van der Waals surface area contributed by atoms with E-state index in [2.05, 4.69) is 13.5 Å². The van der Waals surface area contributed by atoms with Crippen LogP contribution in [0, 0.1) is 0 Å². The van der Waals surface area contributed by atoms with E-state index in [1.54, 1.807) is 0 Å².